The standard InChI is InChI=1S/C13H18/c1-5-13(10(2)3)12-8-6-11(4)7-9-12/h5-10H,1-4H3. The number of benzene rings is 1. The predicted octanol–water partition coefficient (Wildman–Crippen LogP) is 4.05. The topological polar surface area (TPSA) is 0 Å². The van der Waals surface area contributed by atoms with Gasteiger partial charge in [0.1, 0.15) is 0 Å². The van der Waals surface area contributed by atoms with E-state index < -0.39 is 0 Å². The summed E-state index contributed by atoms with van der Waals surface area (Å²) >= 11 is 0. The lowest BCUT2D eigenvalue weighted by atomic mass is 9.95. The molecule has 0 aliphatic carbocycles. The third-order valence-electron chi connectivity index (χ3n) is 2.32. The average molecular weight is 174 g/mol. The fourth-order valence-corrected chi connectivity index (χ4v) is 1.58. The van der Waals surface area contributed by atoms with E-state index in [4.69, 9.17) is 0 Å². The first-order valence-electron chi connectivity index (χ1n) is 4.88. The van der Waals surface area contributed by atoms with Crippen LogP contribution in [0.3, 0.4) is 0 Å². The number of hydrogen-bond donors (Lipinski definition) is 0. The molecule has 0 aromatic heterocycles. The average Bonchev–Trinajstić information content (AvgIpc) is 2.09. The van der Waals surface area contributed by atoms with E-state index >= 15 is 0 Å². The highest BCUT2D eigenvalue weighted by Gasteiger charge is 2.03. The quantitative estimate of drug-likeness (QED) is 0.634. The smallest absolute Gasteiger partial charge is 0.0216 e. The van der Waals surface area contributed by atoms with E-state index in [0.29, 0.717) is 5.92 Å². The summed E-state index contributed by atoms with van der Waals surface area (Å²) in [5.74, 6) is 0.604. The molecule has 0 aliphatic heterocycles. The van der Waals surface area contributed by atoms with Gasteiger partial charge in [-0.15, -0.1) is 0 Å². The van der Waals surface area contributed by atoms with Gasteiger partial charge in [-0.05, 0) is 30.9 Å². The number of rotatable bonds is 2. The van der Waals surface area contributed by atoms with Crippen molar-refractivity contribution in [3.63, 3.8) is 0 Å². The molecule has 70 valence electrons. The van der Waals surface area contributed by atoms with Crippen LogP contribution in [0.15, 0.2) is 30.3 Å². The Labute approximate surface area is 81.3 Å². The fourth-order valence-electron chi connectivity index (χ4n) is 1.58. The second-order valence-corrected chi connectivity index (χ2v) is 3.76. The molecule has 1 aromatic carbocycles. The van der Waals surface area contributed by atoms with Crippen LogP contribution < -0.4 is 0 Å². The first-order chi connectivity index (χ1) is 6.15. The minimum atomic E-state index is 0.604. The molecule has 0 atom stereocenters. The minimum Gasteiger partial charge on any atom is -0.0836 e. The van der Waals surface area contributed by atoms with E-state index in [1.54, 1.807) is 0 Å². The van der Waals surface area contributed by atoms with Gasteiger partial charge in [0.2, 0.25) is 0 Å². The third kappa shape index (κ3) is 2.45. The Balaban J connectivity index is 3.00. The molecule has 0 spiro atoms. The van der Waals surface area contributed by atoms with Gasteiger partial charge in [-0.2, -0.15) is 0 Å². The molecule has 0 radical (unpaired) electrons. The molecular formula is C13H18. The second-order valence-electron chi connectivity index (χ2n) is 3.76. The maximum absolute atomic E-state index is 2.23. The lowest BCUT2D eigenvalue weighted by molar-refractivity contribution is 0.854. The minimum absolute atomic E-state index is 0.604. The Morgan fingerprint density at radius 3 is 2.08 bits per heavy atom. The zero-order valence-electron chi connectivity index (χ0n) is 8.96. The lowest BCUT2D eigenvalue weighted by Gasteiger charge is -2.11. The molecule has 0 heteroatoms. The van der Waals surface area contributed by atoms with Crippen LogP contribution in [-0.4, -0.2) is 0 Å². The van der Waals surface area contributed by atoms with E-state index in [9.17, 15) is 0 Å². The van der Waals surface area contributed by atoms with Crippen molar-refractivity contribution in [2.24, 2.45) is 5.92 Å². The zero-order valence-corrected chi connectivity index (χ0v) is 8.96. The SMILES string of the molecule is CC=C(c1ccc(C)cc1)C(C)C. The molecular weight excluding hydrogens is 156 g/mol. The Morgan fingerprint density at radius 2 is 1.69 bits per heavy atom. The largest absolute Gasteiger partial charge is 0.0836 e. The molecule has 0 bridgehead atoms. The summed E-state index contributed by atoms with van der Waals surface area (Å²) in [5, 5.41) is 0. The molecule has 1 aromatic rings. The first kappa shape index (κ1) is 10.0. The highest BCUT2D eigenvalue weighted by atomic mass is 14.1. The monoisotopic (exact) mass is 174 g/mol. The van der Waals surface area contributed by atoms with Crippen molar-refractivity contribution in [1.29, 1.82) is 0 Å². The summed E-state index contributed by atoms with van der Waals surface area (Å²) in [6.07, 6.45) is 2.20. The van der Waals surface area contributed by atoms with Crippen molar-refractivity contribution in [3.05, 3.63) is 41.5 Å². The third-order valence-corrected chi connectivity index (χ3v) is 2.32. The highest BCUT2D eigenvalue weighted by molar-refractivity contribution is 5.66. The van der Waals surface area contributed by atoms with Crippen molar-refractivity contribution < 1.29 is 0 Å². The number of hydrogen-bond acceptors (Lipinski definition) is 0. The van der Waals surface area contributed by atoms with Gasteiger partial charge in [0, 0.05) is 0 Å². The number of aryl methyl sites for hydroxylation is 1. The Bertz CT molecular complexity index is 288. The van der Waals surface area contributed by atoms with Crippen LogP contribution in [0.5, 0.6) is 0 Å². The first-order valence-corrected chi connectivity index (χ1v) is 4.88. The van der Waals surface area contributed by atoms with Crippen molar-refractivity contribution in [2.45, 2.75) is 27.7 Å². The van der Waals surface area contributed by atoms with Crippen LogP contribution in [0.25, 0.3) is 5.57 Å². The van der Waals surface area contributed by atoms with Gasteiger partial charge in [0.15, 0.2) is 0 Å². The summed E-state index contributed by atoms with van der Waals surface area (Å²) < 4.78 is 0. The van der Waals surface area contributed by atoms with E-state index in [0.717, 1.165) is 0 Å². The fraction of sp³-hybridized carbons (Fsp3) is 0.385. The molecule has 0 unspecified atom stereocenters. The molecule has 0 aliphatic rings. The zero-order chi connectivity index (χ0) is 9.84. The second kappa shape index (κ2) is 4.27. The maximum Gasteiger partial charge on any atom is -0.0216 e. The van der Waals surface area contributed by atoms with Gasteiger partial charge < -0.3 is 0 Å². The van der Waals surface area contributed by atoms with Crippen molar-refractivity contribution in [1.82, 2.24) is 0 Å². The normalized spacial score (nSPS) is 12.2. The van der Waals surface area contributed by atoms with Crippen LogP contribution >= 0.6 is 0 Å². The molecule has 1 rings (SSSR count). The Morgan fingerprint density at radius 1 is 1.15 bits per heavy atom. The summed E-state index contributed by atoms with van der Waals surface area (Å²) in [4.78, 5) is 0. The summed E-state index contributed by atoms with van der Waals surface area (Å²) in [6.45, 7) is 8.69. The summed E-state index contributed by atoms with van der Waals surface area (Å²) in [7, 11) is 0. The molecule has 0 saturated heterocycles. The van der Waals surface area contributed by atoms with Crippen LogP contribution in [0.2, 0.25) is 0 Å². The van der Waals surface area contributed by atoms with E-state index in [2.05, 4.69) is 58.0 Å². The van der Waals surface area contributed by atoms with Gasteiger partial charge in [-0.3, -0.25) is 0 Å². The molecule has 0 fully saturated rings. The van der Waals surface area contributed by atoms with Gasteiger partial charge in [0.05, 0.1) is 0 Å². The summed E-state index contributed by atoms with van der Waals surface area (Å²) in [5.41, 5.74) is 4.10. The van der Waals surface area contributed by atoms with Crippen LogP contribution in [0, 0.1) is 12.8 Å². The van der Waals surface area contributed by atoms with Crippen LogP contribution in [0.1, 0.15) is 31.9 Å². The summed E-state index contributed by atoms with van der Waals surface area (Å²) in [6, 6.07) is 8.73. The predicted molar refractivity (Wildman–Crippen MR) is 59.7 cm³/mol. The van der Waals surface area contributed by atoms with Crippen molar-refractivity contribution in [2.75, 3.05) is 0 Å². The van der Waals surface area contributed by atoms with Gasteiger partial charge in [-0.25, -0.2) is 0 Å². The molecule has 0 saturated carbocycles. The van der Waals surface area contributed by atoms with Crippen molar-refractivity contribution in [3.8, 4) is 0 Å². The van der Waals surface area contributed by atoms with Gasteiger partial charge in [-0.1, -0.05) is 49.8 Å². The molecule has 0 nitrogen and oxygen atoms in total. The lowest BCUT2D eigenvalue weighted by Crippen LogP contribution is -1.92. The van der Waals surface area contributed by atoms with E-state index in [1.807, 2.05) is 0 Å². The molecule has 0 N–H and O–H groups in total. The van der Waals surface area contributed by atoms with Crippen LogP contribution in [0.4, 0.5) is 0 Å². The number of allylic oxidation sites excluding steroid dienone is 2. The molecule has 13 heavy (non-hydrogen) atoms. The van der Waals surface area contributed by atoms with Gasteiger partial charge >= 0.3 is 0 Å². The Kier molecular flexibility index (Phi) is 3.30. The van der Waals surface area contributed by atoms with Crippen molar-refractivity contribution >= 4 is 5.57 Å². The maximum atomic E-state index is 2.23. The van der Waals surface area contributed by atoms with E-state index in [1.165, 1.54) is 16.7 Å². The highest BCUT2D eigenvalue weighted by Crippen LogP contribution is 2.22. The van der Waals surface area contributed by atoms with Crippen LogP contribution in [-0.2, 0) is 0 Å². The van der Waals surface area contributed by atoms with Gasteiger partial charge in [0.25, 0.3) is 0 Å². The van der Waals surface area contributed by atoms with E-state index in [-0.39, 0.29) is 0 Å². The Hall–Kier alpha value is -1.04. The molecule has 0 amide bonds. The molecule has 0 heterocycles.